The molecule has 45 heavy (non-hydrogen) atoms. The van der Waals surface area contributed by atoms with Gasteiger partial charge in [-0.2, -0.15) is 4.98 Å². The Hall–Kier alpha value is -3.02. The number of halogens is 1. The fourth-order valence-electron chi connectivity index (χ4n) is 10.7. The number of unbranched alkanes of at least 4 members (excludes halogenated alkanes) is 5. The molecule has 6 atom stereocenters. The van der Waals surface area contributed by atoms with Crippen LogP contribution in [-0.2, 0) is 13.5 Å². The SMILES string of the molecule is CCCCCCCC[C@H]1CC[C@H]2[C@@H]3CCC4=Cc5c(cc6c(=O)n(C)c(=O)nc-6n5-c5ccc(F)cc5)C[C@]4(C)[C@H]3CC[C@]12C. The van der Waals surface area contributed by atoms with Crippen molar-refractivity contribution < 1.29 is 4.39 Å². The van der Waals surface area contributed by atoms with Gasteiger partial charge in [0.2, 0.25) is 0 Å². The smallest absolute Gasteiger partial charge is 0.294 e. The van der Waals surface area contributed by atoms with E-state index >= 15 is 0 Å². The van der Waals surface area contributed by atoms with Crippen molar-refractivity contribution >= 4 is 6.08 Å². The number of allylic oxidation sites excluding steroid dienone is 1. The van der Waals surface area contributed by atoms with E-state index in [0.717, 1.165) is 46.4 Å². The first-order chi connectivity index (χ1) is 21.7. The lowest BCUT2D eigenvalue weighted by molar-refractivity contribution is -0.0478. The van der Waals surface area contributed by atoms with Crippen molar-refractivity contribution in [2.75, 3.05) is 0 Å². The van der Waals surface area contributed by atoms with Crippen molar-refractivity contribution in [3.05, 3.63) is 73.8 Å². The summed E-state index contributed by atoms with van der Waals surface area (Å²) in [5.41, 5.74) is 4.35. The molecule has 0 amide bonds. The standard InChI is InChI=1S/C39H50FN3O2/c1-5-6-7-8-9-10-11-26-13-19-32-30-18-12-27-23-34-25(24-39(27,3)33(30)20-21-38(26,32)2)22-31-35(41-37(45)42(4)36(31)44)43(34)29-16-14-28(40)15-17-29/h14-17,22-23,26,30,32-33H,5-13,18-21,24H2,1-4H3/t26-,30-,32-,33-,38+,39-/m0/s1. The minimum absolute atomic E-state index is 0.0417. The summed E-state index contributed by atoms with van der Waals surface area (Å²) >= 11 is 0. The van der Waals surface area contributed by atoms with Crippen LogP contribution >= 0.6 is 0 Å². The number of benzene rings is 1. The van der Waals surface area contributed by atoms with Gasteiger partial charge in [0.1, 0.15) is 5.82 Å². The molecule has 6 aliphatic rings. The van der Waals surface area contributed by atoms with E-state index in [1.165, 1.54) is 102 Å². The van der Waals surface area contributed by atoms with Crippen molar-refractivity contribution in [2.45, 2.75) is 111 Å². The molecule has 0 radical (unpaired) electrons. The first-order valence-corrected chi connectivity index (χ1v) is 17.8. The first kappa shape index (κ1) is 30.6. The van der Waals surface area contributed by atoms with Gasteiger partial charge in [0.15, 0.2) is 5.82 Å². The monoisotopic (exact) mass is 611 g/mol. The van der Waals surface area contributed by atoms with Crippen LogP contribution in [0.4, 0.5) is 4.39 Å². The number of hydrogen-bond acceptors (Lipinski definition) is 3. The highest BCUT2D eigenvalue weighted by atomic mass is 19.1. The summed E-state index contributed by atoms with van der Waals surface area (Å²) in [7, 11) is 1.49. The summed E-state index contributed by atoms with van der Waals surface area (Å²) in [6.45, 7) is 7.44. The second-order valence-electron chi connectivity index (χ2n) is 15.4. The molecule has 1 aromatic rings. The van der Waals surface area contributed by atoms with E-state index in [4.69, 9.17) is 0 Å². The van der Waals surface area contributed by atoms with E-state index in [2.05, 4.69) is 31.8 Å². The van der Waals surface area contributed by atoms with E-state index in [1.54, 1.807) is 12.1 Å². The zero-order chi connectivity index (χ0) is 31.5. The van der Waals surface area contributed by atoms with Gasteiger partial charge in [0, 0.05) is 12.7 Å². The number of hydrogen-bond donors (Lipinski definition) is 0. The molecule has 2 heterocycles. The molecule has 3 fully saturated rings. The molecule has 2 aliphatic heterocycles. The topological polar surface area (TPSA) is 56.9 Å². The number of fused-ring (bicyclic) bond motifs is 7. The van der Waals surface area contributed by atoms with Crippen LogP contribution in [0.2, 0.25) is 0 Å². The summed E-state index contributed by atoms with van der Waals surface area (Å²) in [5, 5.41) is 0. The summed E-state index contributed by atoms with van der Waals surface area (Å²) in [6, 6.07) is 8.29. The minimum Gasteiger partial charge on any atom is -0.294 e. The lowest BCUT2D eigenvalue weighted by atomic mass is 9.46. The number of rotatable bonds is 8. The third-order valence-corrected chi connectivity index (χ3v) is 13.2. The predicted molar refractivity (Wildman–Crippen MR) is 179 cm³/mol. The molecule has 3 saturated carbocycles. The van der Waals surface area contributed by atoms with Gasteiger partial charge in [-0.1, -0.05) is 64.9 Å². The Balaban J connectivity index is 1.22. The fraction of sp³-hybridized carbons (Fsp3) is 0.615. The Morgan fingerprint density at radius 2 is 1.71 bits per heavy atom. The molecule has 4 aliphatic carbocycles. The van der Waals surface area contributed by atoms with Crippen molar-refractivity contribution in [3.8, 4) is 17.1 Å². The first-order valence-electron chi connectivity index (χ1n) is 17.8. The van der Waals surface area contributed by atoms with Crippen LogP contribution in [0.25, 0.3) is 23.2 Å². The van der Waals surface area contributed by atoms with Crippen molar-refractivity contribution in [1.29, 1.82) is 0 Å². The van der Waals surface area contributed by atoms with E-state index in [-0.39, 0.29) is 16.8 Å². The average Bonchev–Trinajstić information content (AvgIpc) is 3.36. The minimum atomic E-state index is -0.575. The van der Waals surface area contributed by atoms with Crippen LogP contribution < -0.4 is 11.2 Å². The zero-order valence-electron chi connectivity index (χ0n) is 27.7. The highest BCUT2D eigenvalue weighted by Crippen LogP contribution is 2.67. The van der Waals surface area contributed by atoms with E-state index in [0.29, 0.717) is 28.4 Å². The van der Waals surface area contributed by atoms with E-state index in [9.17, 15) is 14.0 Å². The molecule has 0 unspecified atom stereocenters. The maximum atomic E-state index is 14.0. The van der Waals surface area contributed by atoms with Crippen LogP contribution in [0, 0.1) is 40.3 Å². The second-order valence-corrected chi connectivity index (χ2v) is 15.4. The molecule has 0 bridgehead atoms. The van der Waals surface area contributed by atoms with Gasteiger partial charge in [-0.05, 0) is 128 Å². The lowest BCUT2D eigenvalue weighted by Gasteiger charge is -2.58. The van der Waals surface area contributed by atoms with Gasteiger partial charge in [-0.25, -0.2) is 9.18 Å². The molecule has 5 nitrogen and oxygen atoms in total. The largest absolute Gasteiger partial charge is 0.352 e. The molecule has 0 saturated heterocycles. The van der Waals surface area contributed by atoms with Gasteiger partial charge in [-0.15, -0.1) is 0 Å². The van der Waals surface area contributed by atoms with Crippen molar-refractivity contribution in [2.24, 2.45) is 41.5 Å². The van der Waals surface area contributed by atoms with Gasteiger partial charge < -0.3 is 0 Å². The highest BCUT2D eigenvalue weighted by molar-refractivity contribution is 5.70. The van der Waals surface area contributed by atoms with Crippen LogP contribution in [-0.4, -0.2) is 14.1 Å². The second kappa shape index (κ2) is 11.7. The van der Waals surface area contributed by atoms with E-state index in [1.807, 2.05) is 10.6 Å². The summed E-state index contributed by atoms with van der Waals surface area (Å²) in [5.74, 6) is 3.10. The molecule has 7 rings (SSSR count). The third-order valence-electron chi connectivity index (χ3n) is 13.2. The van der Waals surface area contributed by atoms with Gasteiger partial charge >= 0.3 is 5.69 Å². The molecule has 0 N–H and O–H groups in total. The fourth-order valence-corrected chi connectivity index (χ4v) is 10.7. The highest BCUT2D eigenvalue weighted by Gasteiger charge is 2.58. The van der Waals surface area contributed by atoms with Crippen LogP contribution in [0.15, 0.2) is 45.5 Å². The molecule has 6 heteroatoms. The predicted octanol–water partition coefficient (Wildman–Crippen LogP) is 8.72. The molecular weight excluding hydrogens is 561 g/mol. The Kier molecular flexibility index (Phi) is 7.93. The normalized spacial score (nSPS) is 30.4. The van der Waals surface area contributed by atoms with Crippen LogP contribution in [0.1, 0.15) is 115 Å². The number of nitrogens with zero attached hydrogens (tertiary/aromatic N) is 3. The maximum absolute atomic E-state index is 14.0. The van der Waals surface area contributed by atoms with Crippen molar-refractivity contribution in [1.82, 2.24) is 14.1 Å². The Morgan fingerprint density at radius 1 is 0.956 bits per heavy atom. The number of pyridine rings is 1. The van der Waals surface area contributed by atoms with Crippen molar-refractivity contribution in [3.63, 3.8) is 0 Å². The summed E-state index contributed by atoms with van der Waals surface area (Å²) < 4.78 is 17.0. The Bertz CT molecular complexity index is 1700. The van der Waals surface area contributed by atoms with Gasteiger partial charge in [0.25, 0.3) is 5.56 Å². The van der Waals surface area contributed by atoms with E-state index < -0.39 is 5.69 Å². The van der Waals surface area contributed by atoms with Crippen LogP contribution in [0.5, 0.6) is 0 Å². The molecular formula is C39H50FN3O2. The van der Waals surface area contributed by atoms with Gasteiger partial charge in [0.05, 0.1) is 11.3 Å². The molecule has 0 aromatic heterocycles. The molecule has 0 spiro atoms. The average molecular weight is 612 g/mol. The number of aromatic nitrogens is 3. The van der Waals surface area contributed by atoms with Crippen LogP contribution in [0.3, 0.4) is 0 Å². The quantitative estimate of drug-likeness (QED) is 0.239. The molecule has 240 valence electrons. The Morgan fingerprint density at radius 3 is 2.49 bits per heavy atom. The maximum Gasteiger partial charge on any atom is 0.352 e. The summed E-state index contributed by atoms with van der Waals surface area (Å²) in [6.07, 6.45) is 20.7. The molecule has 1 aromatic carbocycles. The lowest BCUT2D eigenvalue weighted by Crippen LogP contribution is -2.51. The summed E-state index contributed by atoms with van der Waals surface area (Å²) in [4.78, 5) is 30.5. The zero-order valence-corrected chi connectivity index (χ0v) is 27.7. The third kappa shape index (κ3) is 4.97. The van der Waals surface area contributed by atoms with Gasteiger partial charge in [-0.3, -0.25) is 13.9 Å². The Labute approximate surface area is 267 Å².